The van der Waals surface area contributed by atoms with Crippen molar-refractivity contribution < 1.29 is 13.9 Å². The number of amides is 1. The molecule has 2 aromatic rings. The van der Waals surface area contributed by atoms with Gasteiger partial charge in [0.2, 0.25) is 0 Å². The van der Waals surface area contributed by atoms with Crippen LogP contribution in [0.2, 0.25) is 5.02 Å². The minimum Gasteiger partial charge on any atom is -0.483 e. The van der Waals surface area contributed by atoms with Crippen molar-refractivity contribution in [2.45, 2.75) is 13.3 Å². The summed E-state index contributed by atoms with van der Waals surface area (Å²) in [4.78, 5) is 11.7. The number of rotatable bonds is 6. The van der Waals surface area contributed by atoms with Gasteiger partial charge in [0.25, 0.3) is 5.91 Å². The van der Waals surface area contributed by atoms with Gasteiger partial charge in [-0.05, 0) is 58.2 Å². The Balaban J connectivity index is 1.86. The van der Waals surface area contributed by atoms with E-state index in [0.717, 1.165) is 10.9 Å². The van der Waals surface area contributed by atoms with Gasteiger partial charge >= 0.3 is 0 Å². The van der Waals surface area contributed by atoms with Gasteiger partial charge in [0.15, 0.2) is 6.61 Å². The fraction of sp³-hybridized carbons (Fsp3) is 0.176. The molecular formula is C17H15BrClFN2O2. The highest BCUT2D eigenvalue weighted by Gasteiger charge is 2.06. The number of carbonyl (C=O) groups is 1. The average molecular weight is 414 g/mol. The molecule has 2 aromatic carbocycles. The summed E-state index contributed by atoms with van der Waals surface area (Å²) in [6.45, 7) is 1.87. The number of carbonyl (C=O) groups excluding carboxylic acids is 1. The molecule has 0 saturated carbocycles. The maximum Gasteiger partial charge on any atom is 0.277 e. The lowest BCUT2D eigenvalue weighted by molar-refractivity contribution is -0.123. The van der Waals surface area contributed by atoms with Crippen LogP contribution in [0.5, 0.6) is 5.75 Å². The summed E-state index contributed by atoms with van der Waals surface area (Å²) in [6.07, 6.45) is 2.26. The molecule has 126 valence electrons. The van der Waals surface area contributed by atoms with Crippen molar-refractivity contribution in [1.29, 1.82) is 0 Å². The van der Waals surface area contributed by atoms with Crippen molar-refractivity contribution in [2.75, 3.05) is 6.61 Å². The summed E-state index contributed by atoms with van der Waals surface area (Å²) in [7, 11) is 0. The van der Waals surface area contributed by atoms with Gasteiger partial charge in [0.1, 0.15) is 11.6 Å². The minimum atomic E-state index is -0.436. The summed E-state index contributed by atoms with van der Waals surface area (Å²) >= 11 is 9.26. The quantitative estimate of drug-likeness (QED) is 0.566. The molecule has 0 saturated heterocycles. The van der Waals surface area contributed by atoms with Gasteiger partial charge in [-0.15, -0.1) is 0 Å². The summed E-state index contributed by atoms with van der Waals surface area (Å²) in [5, 5.41) is 3.98. The Morgan fingerprint density at radius 1 is 1.38 bits per heavy atom. The van der Waals surface area contributed by atoms with Gasteiger partial charge in [0, 0.05) is 5.56 Å². The van der Waals surface area contributed by atoms with Crippen LogP contribution in [0.4, 0.5) is 4.39 Å². The number of ether oxygens (including phenoxy) is 1. The molecule has 7 heteroatoms. The van der Waals surface area contributed by atoms with E-state index in [1.807, 2.05) is 12.1 Å². The predicted octanol–water partition coefficient (Wildman–Crippen LogP) is 4.33. The molecule has 0 atom stereocenters. The maximum absolute atomic E-state index is 12.9. The monoisotopic (exact) mass is 412 g/mol. The van der Waals surface area contributed by atoms with Crippen molar-refractivity contribution in [2.24, 2.45) is 5.10 Å². The van der Waals surface area contributed by atoms with Crippen LogP contribution in [0, 0.1) is 5.82 Å². The molecule has 0 bridgehead atoms. The van der Waals surface area contributed by atoms with Gasteiger partial charge in [-0.2, -0.15) is 5.10 Å². The molecule has 4 nitrogen and oxygen atoms in total. The third-order valence-corrected chi connectivity index (χ3v) is 4.07. The molecule has 0 aliphatic carbocycles. The van der Waals surface area contributed by atoms with E-state index in [-0.39, 0.29) is 11.6 Å². The largest absolute Gasteiger partial charge is 0.483 e. The first kappa shape index (κ1) is 18.4. The van der Waals surface area contributed by atoms with Crippen LogP contribution in [0.1, 0.15) is 18.1 Å². The highest BCUT2D eigenvalue weighted by atomic mass is 79.9. The van der Waals surface area contributed by atoms with Gasteiger partial charge in [0.05, 0.1) is 15.7 Å². The fourth-order valence-corrected chi connectivity index (χ4v) is 2.59. The molecule has 2 rings (SSSR count). The summed E-state index contributed by atoms with van der Waals surface area (Å²) < 4.78 is 19.1. The Kier molecular flexibility index (Phi) is 6.75. The van der Waals surface area contributed by atoms with E-state index in [2.05, 4.69) is 33.4 Å². The molecular weight excluding hydrogens is 399 g/mol. The Bertz CT molecular complexity index is 768. The number of halogens is 3. The van der Waals surface area contributed by atoms with E-state index in [9.17, 15) is 9.18 Å². The fourth-order valence-electron chi connectivity index (χ4n) is 1.84. The number of nitrogens with zero attached hydrogens (tertiary/aromatic N) is 1. The van der Waals surface area contributed by atoms with E-state index >= 15 is 0 Å². The van der Waals surface area contributed by atoms with Crippen molar-refractivity contribution in [3.8, 4) is 5.75 Å². The number of hydrogen-bond acceptors (Lipinski definition) is 3. The third-order valence-electron chi connectivity index (χ3n) is 3.12. The number of hydrazone groups is 1. The predicted molar refractivity (Wildman–Crippen MR) is 96.2 cm³/mol. The lowest BCUT2D eigenvalue weighted by Crippen LogP contribution is -2.24. The van der Waals surface area contributed by atoms with Crippen molar-refractivity contribution in [3.63, 3.8) is 0 Å². The molecule has 0 aliphatic rings. The van der Waals surface area contributed by atoms with E-state index in [1.54, 1.807) is 6.07 Å². The van der Waals surface area contributed by atoms with Gasteiger partial charge < -0.3 is 4.74 Å². The zero-order chi connectivity index (χ0) is 17.5. The number of nitrogens with one attached hydrogen (secondary N) is 1. The molecule has 0 unspecified atom stereocenters. The summed E-state index contributed by atoms with van der Waals surface area (Å²) in [5.74, 6) is -0.280. The highest BCUT2D eigenvalue weighted by molar-refractivity contribution is 9.10. The summed E-state index contributed by atoms with van der Waals surface area (Å²) in [6, 6.07) is 9.59. The Morgan fingerprint density at radius 3 is 2.83 bits per heavy atom. The van der Waals surface area contributed by atoms with Crippen molar-refractivity contribution >= 4 is 39.7 Å². The second kappa shape index (κ2) is 8.80. The van der Waals surface area contributed by atoms with Crippen LogP contribution in [-0.2, 0) is 11.2 Å². The number of benzene rings is 2. The molecule has 24 heavy (non-hydrogen) atoms. The molecule has 0 aliphatic heterocycles. The highest BCUT2D eigenvalue weighted by Crippen LogP contribution is 2.26. The SMILES string of the molecule is CCc1ccc(OCC(=O)N/N=C/c2ccc(F)cc2Cl)c(Br)c1. The lowest BCUT2D eigenvalue weighted by atomic mass is 10.2. The van der Waals surface area contributed by atoms with Crippen LogP contribution < -0.4 is 10.2 Å². The topological polar surface area (TPSA) is 50.7 Å². The Morgan fingerprint density at radius 2 is 2.17 bits per heavy atom. The van der Waals surface area contributed by atoms with Gasteiger partial charge in [-0.25, -0.2) is 9.82 Å². The smallest absolute Gasteiger partial charge is 0.277 e. The second-order valence-corrected chi connectivity index (χ2v) is 6.13. The molecule has 0 aromatic heterocycles. The van der Waals surface area contributed by atoms with Gasteiger partial charge in [-0.3, -0.25) is 4.79 Å². The first-order chi connectivity index (χ1) is 11.5. The van der Waals surface area contributed by atoms with Crippen molar-refractivity contribution in [3.05, 3.63) is 62.8 Å². The van der Waals surface area contributed by atoms with E-state index in [0.29, 0.717) is 11.3 Å². The van der Waals surface area contributed by atoms with E-state index in [1.165, 1.54) is 30.0 Å². The van der Waals surface area contributed by atoms with Crippen molar-refractivity contribution in [1.82, 2.24) is 5.43 Å². The van der Waals surface area contributed by atoms with Crippen LogP contribution in [0.25, 0.3) is 0 Å². The maximum atomic E-state index is 12.9. The van der Waals surface area contributed by atoms with Crippen LogP contribution >= 0.6 is 27.5 Å². The number of hydrogen-bond donors (Lipinski definition) is 1. The molecule has 1 N–H and O–H groups in total. The molecule has 0 fully saturated rings. The first-order valence-electron chi connectivity index (χ1n) is 7.17. The second-order valence-electron chi connectivity index (χ2n) is 4.87. The Labute approximate surface area is 152 Å². The Hall–Kier alpha value is -1.92. The first-order valence-corrected chi connectivity index (χ1v) is 8.35. The van der Waals surface area contributed by atoms with E-state index < -0.39 is 11.7 Å². The molecule has 0 radical (unpaired) electrons. The normalized spacial score (nSPS) is 10.8. The molecule has 0 heterocycles. The number of aryl methyl sites for hydroxylation is 1. The van der Waals surface area contributed by atoms with E-state index in [4.69, 9.17) is 16.3 Å². The lowest BCUT2D eigenvalue weighted by Gasteiger charge is -2.08. The third kappa shape index (κ3) is 5.32. The van der Waals surface area contributed by atoms with Crippen LogP contribution in [-0.4, -0.2) is 18.7 Å². The summed E-state index contributed by atoms with van der Waals surface area (Å²) in [5.41, 5.74) is 3.99. The minimum absolute atomic E-state index is 0.182. The molecule has 0 spiro atoms. The van der Waals surface area contributed by atoms with Gasteiger partial charge in [-0.1, -0.05) is 24.6 Å². The zero-order valence-electron chi connectivity index (χ0n) is 12.9. The average Bonchev–Trinajstić information content (AvgIpc) is 2.55. The zero-order valence-corrected chi connectivity index (χ0v) is 15.2. The van der Waals surface area contributed by atoms with Crippen LogP contribution in [0.3, 0.4) is 0 Å². The molecule has 1 amide bonds. The van der Waals surface area contributed by atoms with Crippen LogP contribution in [0.15, 0.2) is 46.0 Å². The standard InChI is InChI=1S/C17H15BrClFN2O2/c1-2-11-3-6-16(14(18)7-11)24-10-17(23)22-21-9-12-4-5-13(20)8-15(12)19/h3-9H,2,10H2,1H3,(H,22,23)/b21-9+.